The summed E-state index contributed by atoms with van der Waals surface area (Å²) in [5.74, 6) is 0.361. The third-order valence-electron chi connectivity index (χ3n) is 3.69. The van der Waals surface area contributed by atoms with Crippen LogP contribution in [0.15, 0.2) is 36.4 Å². The molecule has 0 unspecified atom stereocenters. The Morgan fingerprint density at radius 1 is 1.04 bits per heavy atom. The van der Waals surface area contributed by atoms with Gasteiger partial charge in [-0.2, -0.15) is 13.2 Å². The van der Waals surface area contributed by atoms with E-state index in [1.165, 1.54) is 14.2 Å². The van der Waals surface area contributed by atoms with Crippen LogP contribution in [0.5, 0.6) is 11.5 Å². The molecule has 0 fully saturated rings. The minimum absolute atomic E-state index is 0.0219. The van der Waals surface area contributed by atoms with E-state index in [1.807, 2.05) is 12.1 Å². The van der Waals surface area contributed by atoms with Crippen molar-refractivity contribution in [2.45, 2.75) is 12.6 Å². The lowest BCUT2D eigenvalue weighted by Crippen LogP contribution is -2.30. The number of hydrogen-bond acceptors (Lipinski definition) is 3. The topological polar surface area (TPSA) is 42.5 Å². The Morgan fingerprint density at radius 3 is 2.37 bits per heavy atom. The van der Waals surface area contributed by atoms with Gasteiger partial charge in [0, 0.05) is 6.54 Å². The van der Waals surface area contributed by atoms with Gasteiger partial charge in [0.15, 0.2) is 16.6 Å². The molecule has 0 aliphatic carbocycles. The van der Waals surface area contributed by atoms with Gasteiger partial charge in [-0.05, 0) is 54.5 Å². The fourth-order valence-electron chi connectivity index (χ4n) is 2.32. The van der Waals surface area contributed by atoms with Gasteiger partial charge < -0.3 is 20.1 Å². The summed E-state index contributed by atoms with van der Waals surface area (Å²) in [6, 6.07) is 7.53. The molecule has 0 saturated heterocycles. The summed E-state index contributed by atoms with van der Waals surface area (Å²) in [5, 5.41) is 5.30. The molecule has 27 heavy (non-hydrogen) atoms. The Balaban J connectivity index is 1.94. The molecular weight excluding hydrogens is 384 g/mol. The highest BCUT2D eigenvalue weighted by atomic mass is 32.1. The van der Waals surface area contributed by atoms with Crippen LogP contribution in [-0.2, 0) is 12.6 Å². The molecule has 4 nitrogen and oxygen atoms in total. The monoisotopic (exact) mass is 402 g/mol. The maximum Gasteiger partial charge on any atom is 0.416 e. The molecule has 2 aromatic rings. The highest BCUT2D eigenvalue weighted by Crippen LogP contribution is 2.31. The first kappa shape index (κ1) is 20.8. The van der Waals surface area contributed by atoms with Gasteiger partial charge >= 0.3 is 6.18 Å². The fourth-order valence-corrected chi connectivity index (χ4v) is 2.53. The van der Waals surface area contributed by atoms with Crippen LogP contribution in [0.1, 0.15) is 11.1 Å². The average molecular weight is 402 g/mol. The van der Waals surface area contributed by atoms with Crippen LogP contribution in [-0.4, -0.2) is 25.9 Å². The normalized spacial score (nSPS) is 11.0. The predicted molar refractivity (Wildman–Crippen MR) is 98.9 cm³/mol. The number of hydrogen-bond donors (Lipinski definition) is 2. The maximum absolute atomic E-state index is 13.7. The summed E-state index contributed by atoms with van der Waals surface area (Å²) in [4.78, 5) is 0. The summed E-state index contributed by atoms with van der Waals surface area (Å²) in [5.41, 5.74) is -0.360. The van der Waals surface area contributed by atoms with Crippen molar-refractivity contribution >= 4 is 23.0 Å². The number of nitrogens with one attached hydrogen (secondary N) is 2. The molecular formula is C18H18F4N2O2S. The third-order valence-corrected chi connectivity index (χ3v) is 3.94. The average Bonchev–Trinajstić information content (AvgIpc) is 2.62. The van der Waals surface area contributed by atoms with Crippen LogP contribution in [0.2, 0.25) is 0 Å². The molecule has 0 heterocycles. The van der Waals surface area contributed by atoms with Gasteiger partial charge in [0.2, 0.25) is 0 Å². The molecule has 0 spiro atoms. The number of thiocarbonyl (C=S) groups is 1. The zero-order valence-corrected chi connectivity index (χ0v) is 15.4. The SMILES string of the molecule is COc1ccc(CCNC(=S)Nc2cc(C(F)(F)F)ccc2F)cc1OC. The molecule has 9 heteroatoms. The van der Waals surface area contributed by atoms with Gasteiger partial charge in [0.1, 0.15) is 5.82 Å². The number of halogens is 4. The second-order valence-electron chi connectivity index (χ2n) is 5.51. The van der Waals surface area contributed by atoms with Gasteiger partial charge in [-0.25, -0.2) is 4.39 Å². The summed E-state index contributed by atoms with van der Waals surface area (Å²) in [6.07, 6.45) is -4.00. The molecule has 0 aromatic heterocycles. The molecule has 0 amide bonds. The first-order valence-corrected chi connectivity index (χ1v) is 8.28. The molecule has 2 rings (SSSR count). The fraction of sp³-hybridized carbons (Fsp3) is 0.278. The van der Waals surface area contributed by atoms with E-state index in [9.17, 15) is 17.6 Å². The molecule has 0 aliphatic rings. The van der Waals surface area contributed by atoms with Crippen LogP contribution in [0.25, 0.3) is 0 Å². The molecule has 0 radical (unpaired) electrons. The summed E-state index contributed by atoms with van der Waals surface area (Å²) in [6.45, 7) is 0.391. The lowest BCUT2D eigenvalue weighted by atomic mass is 10.1. The van der Waals surface area contributed by atoms with Crippen molar-refractivity contribution < 1.29 is 27.0 Å². The molecule has 146 valence electrons. The van der Waals surface area contributed by atoms with Crippen molar-refractivity contribution in [2.24, 2.45) is 0 Å². The quantitative estimate of drug-likeness (QED) is 0.554. The number of anilines is 1. The third kappa shape index (κ3) is 5.72. The zero-order chi connectivity index (χ0) is 20.0. The molecule has 0 aliphatic heterocycles. The van der Waals surface area contributed by atoms with Crippen LogP contribution < -0.4 is 20.1 Å². The van der Waals surface area contributed by atoms with E-state index in [4.69, 9.17) is 21.7 Å². The van der Waals surface area contributed by atoms with Gasteiger partial charge in [-0.1, -0.05) is 6.07 Å². The van der Waals surface area contributed by atoms with Crippen molar-refractivity contribution in [2.75, 3.05) is 26.1 Å². The minimum Gasteiger partial charge on any atom is -0.493 e. The lowest BCUT2D eigenvalue weighted by molar-refractivity contribution is -0.137. The standard InChI is InChI=1S/C18H18F4N2O2S/c1-25-15-6-3-11(9-16(15)26-2)7-8-23-17(27)24-14-10-12(18(20,21)22)4-5-13(14)19/h3-6,9-10H,7-8H2,1-2H3,(H2,23,24,27). The van der Waals surface area contributed by atoms with Crippen molar-refractivity contribution in [1.82, 2.24) is 5.32 Å². The second kappa shape index (κ2) is 8.90. The Kier molecular flexibility index (Phi) is 6.84. The first-order chi connectivity index (χ1) is 12.7. The van der Waals surface area contributed by atoms with E-state index in [1.54, 1.807) is 6.07 Å². The second-order valence-corrected chi connectivity index (χ2v) is 5.92. The summed E-state index contributed by atoms with van der Waals surface area (Å²) >= 11 is 5.02. The predicted octanol–water partition coefficient (Wildman–Crippen LogP) is 4.39. The number of ether oxygens (including phenoxy) is 2. The number of alkyl halides is 3. The molecule has 2 N–H and O–H groups in total. The largest absolute Gasteiger partial charge is 0.493 e. The molecule has 2 aromatic carbocycles. The van der Waals surface area contributed by atoms with Crippen molar-refractivity contribution in [3.8, 4) is 11.5 Å². The van der Waals surface area contributed by atoms with Gasteiger partial charge in [-0.15, -0.1) is 0 Å². The van der Waals surface area contributed by atoms with E-state index >= 15 is 0 Å². The maximum atomic E-state index is 13.7. The first-order valence-electron chi connectivity index (χ1n) is 7.87. The van der Waals surface area contributed by atoms with Gasteiger partial charge in [-0.3, -0.25) is 0 Å². The van der Waals surface area contributed by atoms with Crippen LogP contribution in [0.4, 0.5) is 23.2 Å². The smallest absolute Gasteiger partial charge is 0.416 e. The number of benzene rings is 2. The molecule has 0 bridgehead atoms. The summed E-state index contributed by atoms with van der Waals surface area (Å²) < 4.78 is 62.3. The highest BCUT2D eigenvalue weighted by Gasteiger charge is 2.31. The van der Waals surface area contributed by atoms with E-state index < -0.39 is 17.6 Å². The van der Waals surface area contributed by atoms with E-state index in [2.05, 4.69) is 10.6 Å². The van der Waals surface area contributed by atoms with Crippen molar-refractivity contribution in [3.63, 3.8) is 0 Å². The van der Waals surface area contributed by atoms with Crippen molar-refractivity contribution in [3.05, 3.63) is 53.3 Å². The molecule has 0 saturated carbocycles. The zero-order valence-electron chi connectivity index (χ0n) is 14.6. The van der Waals surface area contributed by atoms with E-state index in [0.717, 1.165) is 11.6 Å². The Hall–Kier alpha value is -2.55. The Bertz CT molecular complexity index is 812. The number of rotatable bonds is 6. The van der Waals surface area contributed by atoms with Crippen LogP contribution in [0.3, 0.4) is 0 Å². The van der Waals surface area contributed by atoms with Gasteiger partial charge in [0.25, 0.3) is 0 Å². The van der Waals surface area contributed by atoms with Crippen LogP contribution >= 0.6 is 12.2 Å². The van der Waals surface area contributed by atoms with Gasteiger partial charge in [0.05, 0.1) is 25.5 Å². The number of methoxy groups -OCH3 is 2. The minimum atomic E-state index is -4.56. The van der Waals surface area contributed by atoms with E-state index in [0.29, 0.717) is 36.6 Å². The van der Waals surface area contributed by atoms with E-state index in [-0.39, 0.29) is 10.8 Å². The summed E-state index contributed by atoms with van der Waals surface area (Å²) in [7, 11) is 3.07. The lowest BCUT2D eigenvalue weighted by Gasteiger charge is -2.14. The van der Waals surface area contributed by atoms with Crippen LogP contribution in [0, 0.1) is 5.82 Å². The Morgan fingerprint density at radius 2 is 1.74 bits per heavy atom. The molecule has 0 atom stereocenters. The van der Waals surface area contributed by atoms with Crippen molar-refractivity contribution in [1.29, 1.82) is 0 Å². The Labute approximate surface area is 159 Å². The highest BCUT2D eigenvalue weighted by molar-refractivity contribution is 7.80.